The van der Waals surface area contributed by atoms with Crippen molar-refractivity contribution in [3.05, 3.63) is 65.5 Å². The van der Waals surface area contributed by atoms with Gasteiger partial charge in [0, 0.05) is 5.56 Å². The number of esters is 1. The van der Waals surface area contributed by atoms with E-state index in [1.165, 1.54) is 55.6 Å². The van der Waals surface area contributed by atoms with Crippen LogP contribution in [0, 0.1) is 17.7 Å². The molecule has 0 aliphatic carbocycles. The van der Waals surface area contributed by atoms with Crippen LogP contribution in [-0.2, 0) is 14.8 Å². The van der Waals surface area contributed by atoms with Gasteiger partial charge < -0.3 is 4.74 Å². The number of hydrogen-bond acceptors (Lipinski definition) is 4. The zero-order valence-electron chi connectivity index (χ0n) is 12.7. The Morgan fingerprint density at radius 1 is 1.12 bits per heavy atom. The zero-order valence-corrected chi connectivity index (χ0v) is 13.6. The van der Waals surface area contributed by atoms with Gasteiger partial charge in [-0.2, -0.15) is 4.72 Å². The van der Waals surface area contributed by atoms with Gasteiger partial charge in [-0.3, -0.25) is 0 Å². The summed E-state index contributed by atoms with van der Waals surface area (Å²) < 4.78 is 43.8. The average molecular weight is 347 g/mol. The predicted molar refractivity (Wildman–Crippen MR) is 86.2 cm³/mol. The summed E-state index contributed by atoms with van der Waals surface area (Å²) in [4.78, 5) is 11.3. The molecule has 0 unspecified atom stereocenters. The van der Waals surface area contributed by atoms with Crippen LogP contribution in [0.5, 0.6) is 0 Å². The first kappa shape index (κ1) is 17.7. The number of carbonyl (C=O) groups is 1. The van der Waals surface area contributed by atoms with E-state index in [2.05, 4.69) is 21.3 Å². The van der Waals surface area contributed by atoms with Gasteiger partial charge in [-0.25, -0.2) is 17.6 Å². The quantitative estimate of drug-likeness (QED) is 0.678. The molecule has 0 aliphatic rings. The Kier molecular flexibility index (Phi) is 5.68. The van der Waals surface area contributed by atoms with Gasteiger partial charge in [-0.05, 0) is 48.5 Å². The summed E-state index contributed by atoms with van der Waals surface area (Å²) in [6.45, 7) is -0.0987. The first-order valence-electron chi connectivity index (χ1n) is 6.85. The summed E-state index contributed by atoms with van der Waals surface area (Å²) in [7, 11) is -2.49. The standard InChI is InChI=1S/C17H14FNO4S/c1-23-17(20)14-6-10-16(11-7-14)24(21,22)19-12-2-3-13-4-8-15(18)9-5-13/h4-11,19H,12H2,1H3. The van der Waals surface area contributed by atoms with Crippen molar-refractivity contribution in [3.8, 4) is 11.8 Å². The Bertz CT molecular complexity index is 879. The Balaban J connectivity index is 2.01. The number of methoxy groups -OCH3 is 1. The minimum Gasteiger partial charge on any atom is -0.465 e. The Labute approximate surface area is 139 Å². The molecule has 124 valence electrons. The lowest BCUT2D eigenvalue weighted by Gasteiger charge is -2.04. The summed E-state index contributed by atoms with van der Waals surface area (Å²) >= 11 is 0. The van der Waals surface area contributed by atoms with Crippen molar-refractivity contribution in [1.29, 1.82) is 0 Å². The monoisotopic (exact) mass is 347 g/mol. The van der Waals surface area contributed by atoms with E-state index < -0.39 is 16.0 Å². The van der Waals surface area contributed by atoms with Crippen LogP contribution in [-0.4, -0.2) is 28.0 Å². The SMILES string of the molecule is COC(=O)c1ccc(S(=O)(=O)NCC#Cc2ccc(F)cc2)cc1. The lowest BCUT2D eigenvalue weighted by atomic mass is 10.2. The maximum Gasteiger partial charge on any atom is 0.337 e. The molecule has 0 aromatic heterocycles. The number of halogens is 1. The largest absolute Gasteiger partial charge is 0.465 e. The number of benzene rings is 2. The van der Waals surface area contributed by atoms with Gasteiger partial charge >= 0.3 is 5.97 Å². The van der Waals surface area contributed by atoms with Gasteiger partial charge in [0.25, 0.3) is 0 Å². The molecule has 2 rings (SSSR count). The highest BCUT2D eigenvalue weighted by molar-refractivity contribution is 7.89. The van der Waals surface area contributed by atoms with Crippen molar-refractivity contribution >= 4 is 16.0 Å². The topological polar surface area (TPSA) is 72.5 Å². The van der Waals surface area contributed by atoms with Gasteiger partial charge in [0.15, 0.2) is 0 Å². The number of nitrogens with one attached hydrogen (secondary N) is 1. The number of rotatable bonds is 4. The molecule has 24 heavy (non-hydrogen) atoms. The molecule has 0 fully saturated rings. The van der Waals surface area contributed by atoms with E-state index in [4.69, 9.17) is 0 Å². The van der Waals surface area contributed by atoms with Crippen LogP contribution in [0.4, 0.5) is 4.39 Å². The Hall–Kier alpha value is -2.69. The first-order chi connectivity index (χ1) is 11.4. The lowest BCUT2D eigenvalue weighted by molar-refractivity contribution is 0.0600. The van der Waals surface area contributed by atoms with Gasteiger partial charge in [0.05, 0.1) is 24.1 Å². The molecule has 0 radical (unpaired) electrons. The summed E-state index contributed by atoms with van der Waals surface area (Å²) in [5.41, 5.74) is 0.839. The van der Waals surface area contributed by atoms with Crippen LogP contribution in [0.3, 0.4) is 0 Å². The fraction of sp³-hybridized carbons (Fsp3) is 0.118. The maximum absolute atomic E-state index is 12.8. The van der Waals surface area contributed by atoms with Crippen molar-refractivity contribution in [3.63, 3.8) is 0 Å². The third kappa shape index (κ3) is 4.65. The fourth-order valence-electron chi connectivity index (χ4n) is 1.78. The second kappa shape index (κ2) is 7.73. The second-order valence-corrected chi connectivity index (χ2v) is 6.42. The number of ether oxygens (including phenoxy) is 1. The Morgan fingerprint density at radius 3 is 2.33 bits per heavy atom. The first-order valence-corrected chi connectivity index (χ1v) is 8.33. The molecule has 0 saturated carbocycles. The highest BCUT2D eigenvalue weighted by Gasteiger charge is 2.14. The average Bonchev–Trinajstić information content (AvgIpc) is 2.59. The normalized spacial score (nSPS) is 10.6. The van der Waals surface area contributed by atoms with Crippen LogP contribution in [0.2, 0.25) is 0 Å². The molecule has 0 saturated heterocycles. The minimum atomic E-state index is -3.74. The third-order valence-electron chi connectivity index (χ3n) is 3.01. The van der Waals surface area contributed by atoms with Crippen LogP contribution in [0.1, 0.15) is 15.9 Å². The van der Waals surface area contributed by atoms with Crippen molar-refractivity contribution in [2.24, 2.45) is 0 Å². The number of carbonyl (C=O) groups excluding carboxylic acids is 1. The lowest BCUT2D eigenvalue weighted by Crippen LogP contribution is -2.24. The molecular weight excluding hydrogens is 333 g/mol. The molecule has 1 N–H and O–H groups in total. The van der Waals surface area contributed by atoms with E-state index in [1.807, 2.05) is 0 Å². The predicted octanol–water partition coefficient (Wildman–Crippen LogP) is 1.94. The van der Waals surface area contributed by atoms with Gasteiger partial charge in [-0.1, -0.05) is 11.8 Å². The van der Waals surface area contributed by atoms with E-state index in [0.29, 0.717) is 5.56 Å². The summed E-state index contributed by atoms with van der Waals surface area (Å²) in [5.74, 6) is 4.46. The van der Waals surface area contributed by atoms with E-state index in [1.54, 1.807) is 0 Å². The molecule has 0 spiro atoms. The van der Waals surface area contributed by atoms with Crippen LogP contribution < -0.4 is 4.72 Å². The minimum absolute atomic E-state index is 0.0127. The molecule has 0 aliphatic heterocycles. The smallest absolute Gasteiger partial charge is 0.337 e. The molecule has 0 atom stereocenters. The molecule has 2 aromatic rings. The molecular formula is C17H14FNO4S. The molecule has 2 aromatic carbocycles. The van der Waals surface area contributed by atoms with Gasteiger partial charge in [-0.15, -0.1) is 0 Å². The summed E-state index contributed by atoms with van der Waals surface area (Å²) in [5, 5.41) is 0. The summed E-state index contributed by atoms with van der Waals surface area (Å²) in [6, 6.07) is 10.9. The van der Waals surface area contributed by atoms with E-state index >= 15 is 0 Å². The van der Waals surface area contributed by atoms with Gasteiger partial charge in [0.2, 0.25) is 10.0 Å². The summed E-state index contributed by atoms with van der Waals surface area (Å²) in [6.07, 6.45) is 0. The highest BCUT2D eigenvalue weighted by Crippen LogP contribution is 2.11. The van der Waals surface area contributed by atoms with Gasteiger partial charge in [0.1, 0.15) is 5.82 Å². The number of hydrogen-bond donors (Lipinski definition) is 1. The molecule has 0 heterocycles. The van der Waals surface area contributed by atoms with E-state index in [0.717, 1.165) is 0 Å². The molecule has 0 bridgehead atoms. The molecule has 5 nitrogen and oxygen atoms in total. The second-order valence-electron chi connectivity index (χ2n) is 4.65. The van der Waals surface area contributed by atoms with Crippen LogP contribution in [0.15, 0.2) is 53.4 Å². The van der Waals surface area contributed by atoms with E-state index in [9.17, 15) is 17.6 Å². The van der Waals surface area contributed by atoms with Crippen LogP contribution >= 0.6 is 0 Å². The maximum atomic E-state index is 12.8. The van der Waals surface area contributed by atoms with Crippen molar-refractivity contribution in [2.75, 3.05) is 13.7 Å². The molecule has 0 amide bonds. The number of sulfonamides is 1. The van der Waals surface area contributed by atoms with Crippen molar-refractivity contribution in [2.45, 2.75) is 4.90 Å². The van der Waals surface area contributed by atoms with Crippen molar-refractivity contribution in [1.82, 2.24) is 4.72 Å². The highest BCUT2D eigenvalue weighted by atomic mass is 32.2. The zero-order chi connectivity index (χ0) is 17.6. The fourth-order valence-corrected chi connectivity index (χ4v) is 2.71. The molecule has 7 heteroatoms. The van der Waals surface area contributed by atoms with Crippen LogP contribution in [0.25, 0.3) is 0 Å². The van der Waals surface area contributed by atoms with Crippen molar-refractivity contribution < 1.29 is 22.3 Å². The van der Waals surface area contributed by atoms with E-state index in [-0.39, 0.29) is 22.8 Å². The third-order valence-corrected chi connectivity index (χ3v) is 4.43. The Morgan fingerprint density at radius 2 is 1.75 bits per heavy atom.